The largest absolute Gasteiger partial charge is 0.497 e. The number of urea groups is 1. The molecule has 1 saturated carbocycles. The summed E-state index contributed by atoms with van der Waals surface area (Å²) < 4.78 is 10.8. The average molecular weight is 342 g/mol. The highest BCUT2D eigenvalue weighted by molar-refractivity contribution is 5.84. The number of rotatable bonds is 9. The van der Waals surface area contributed by atoms with E-state index in [-0.39, 0.29) is 6.03 Å². The van der Waals surface area contributed by atoms with Crippen LogP contribution in [0.25, 0.3) is 10.8 Å². The molecule has 1 aliphatic rings. The Morgan fingerprint density at radius 3 is 2.72 bits per heavy atom. The number of carbonyl (C=O) groups is 1. The summed E-state index contributed by atoms with van der Waals surface area (Å²) in [6.07, 6.45) is 3.46. The van der Waals surface area contributed by atoms with Crippen LogP contribution in [0.4, 0.5) is 4.79 Å². The van der Waals surface area contributed by atoms with Gasteiger partial charge in [0.05, 0.1) is 7.11 Å². The number of hydrogen-bond donors (Lipinski definition) is 2. The van der Waals surface area contributed by atoms with Crippen molar-refractivity contribution >= 4 is 16.8 Å². The Morgan fingerprint density at radius 1 is 1.12 bits per heavy atom. The van der Waals surface area contributed by atoms with Gasteiger partial charge in [-0.05, 0) is 59.7 Å². The number of methoxy groups -OCH3 is 1. The molecular weight excluding hydrogens is 316 g/mol. The van der Waals surface area contributed by atoms with Crippen LogP contribution in [-0.2, 0) is 11.3 Å². The number of ether oxygens (including phenoxy) is 2. The minimum Gasteiger partial charge on any atom is -0.497 e. The van der Waals surface area contributed by atoms with Gasteiger partial charge in [0.2, 0.25) is 0 Å². The molecule has 2 amide bonds. The van der Waals surface area contributed by atoms with Crippen LogP contribution in [0.2, 0.25) is 0 Å². The molecule has 1 fully saturated rings. The number of fused-ring (bicyclic) bond motifs is 1. The SMILES string of the molecule is COc1ccc2cc(CNC(=O)NCCCOCC3CC3)ccc2c1. The van der Waals surface area contributed by atoms with Gasteiger partial charge in [0.25, 0.3) is 0 Å². The first-order chi connectivity index (χ1) is 12.2. The number of carbonyl (C=O) groups excluding carboxylic acids is 1. The number of hydrogen-bond acceptors (Lipinski definition) is 3. The van der Waals surface area contributed by atoms with Gasteiger partial charge in [-0.3, -0.25) is 0 Å². The first-order valence-corrected chi connectivity index (χ1v) is 8.91. The van der Waals surface area contributed by atoms with Gasteiger partial charge < -0.3 is 20.1 Å². The zero-order valence-corrected chi connectivity index (χ0v) is 14.7. The summed E-state index contributed by atoms with van der Waals surface area (Å²) in [6, 6.07) is 12.0. The highest BCUT2D eigenvalue weighted by atomic mass is 16.5. The van der Waals surface area contributed by atoms with Gasteiger partial charge in [-0.2, -0.15) is 0 Å². The second-order valence-corrected chi connectivity index (χ2v) is 6.53. The molecule has 1 aliphatic carbocycles. The standard InChI is InChI=1S/C20H26N2O3/c1-24-19-8-7-17-11-16(5-6-18(17)12-19)13-22-20(23)21-9-2-10-25-14-15-3-4-15/h5-8,11-12,15H,2-4,9-10,13-14H2,1H3,(H2,21,22,23). The molecule has 0 aliphatic heterocycles. The maximum atomic E-state index is 11.8. The third-order valence-electron chi connectivity index (χ3n) is 4.37. The molecule has 0 atom stereocenters. The molecular formula is C20H26N2O3. The van der Waals surface area contributed by atoms with Crippen molar-refractivity contribution in [2.24, 2.45) is 5.92 Å². The third-order valence-corrected chi connectivity index (χ3v) is 4.37. The van der Waals surface area contributed by atoms with E-state index in [4.69, 9.17) is 9.47 Å². The summed E-state index contributed by atoms with van der Waals surface area (Å²) in [5.74, 6) is 1.64. The molecule has 0 saturated heterocycles. The normalized spacial score (nSPS) is 13.6. The topological polar surface area (TPSA) is 59.6 Å². The van der Waals surface area contributed by atoms with Crippen molar-refractivity contribution in [3.05, 3.63) is 42.0 Å². The summed E-state index contributed by atoms with van der Waals surface area (Å²) in [7, 11) is 1.66. The van der Waals surface area contributed by atoms with Crippen LogP contribution < -0.4 is 15.4 Å². The van der Waals surface area contributed by atoms with Gasteiger partial charge in [-0.25, -0.2) is 4.79 Å². The second kappa shape index (κ2) is 8.72. The predicted molar refractivity (Wildman–Crippen MR) is 98.9 cm³/mol. The fourth-order valence-corrected chi connectivity index (χ4v) is 2.67. The van der Waals surface area contributed by atoms with Crippen molar-refractivity contribution in [3.63, 3.8) is 0 Å². The minimum atomic E-state index is -0.142. The van der Waals surface area contributed by atoms with Crippen LogP contribution in [0.1, 0.15) is 24.8 Å². The Morgan fingerprint density at radius 2 is 1.92 bits per heavy atom. The van der Waals surface area contributed by atoms with Gasteiger partial charge in [-0.15, -0.1) is 0 Å². The van der Waals surface area contributed by atoms with E-state index in [0.717, 1.165) is 41.0 Å². The lowest BCUT2D eigenvalue weighted by molar-refractivity contribution is 0.122. The molecule has 2 N–H and O–H groups in total. The first-order valence-electron chi connectivity index (χ1n) is 8.91. The molecule has 2 aromatic carbocycles. The summed E-state index contributed by atoms with van der Waals surface area (Å²) >= 11 is 0. The lowest BCUT2D eigenvalue weighted by Crippen LogP contribution is -2.35. The number of benzene rings is 2. The van der Waals surface area contributed by atoms with Crippen molar-refractivity contribution in [3.8, 4) is 5.75 Å². The lowest BCUT2D eigenvalue weighted by Gasteiger charge is -2.09. The molecule has 5 heteroatoms. The van der Waals surface area contributed by atoms with E-state index in [0.29, 0.717) is 19.7 Å². The van der Waals surface area contributed by atoms with Gasteiger partial charge in [0.1, 0.15) is 5.75 Å². The third kappa shape index (κ3) is 5.64. The highest BCUT2D eigenvalue weighted by Crippen LogP contribution is 2.28. The minimum absolute atomic E-state index is 0.142. The summed E-state index contributed by atoms with van der Waals surface area (Å²) in [5.41, 5.74) is 1.07. The smallest absolute Gasteiger partial charge is 0.315 e. The monoisotopic (exact) mass is 342 g/mol. The van der Waals surface area contributed by atoms with Crippen molar-refractivity contribution in [1.29, 1.82) is 0 Å². The van der Waals surface area contributed by atoms with Crippen molar-refractivity contribution in [1.82, 2.24) is 10.6 Å². The maximum absolute atomic E-state index is 11.8. The van der Waals surface area contributed by atoms with E-state index in [1.807, 2.05) is 30.3 Å². The molecule has 0 heterocycles. The molecule has 0 aromatic heterocycles. The fraction of sp³-hybridized carbons (Fsp3) is 0.450. The molecule has 25 heavy (non-hydrogen) atoms. The Labute approximate surface area is 148 Å². The Bertz CT molecular complexity index is 713. The Balaban J connectivity index is 1.36. The van der Waals surface area contributed by atoms with E-state index < -0.39 is 0 Å². The van der Waals surface area contributed by atoms with Crippen LogP contribution in [0.5, 0.6) is 5.75 Å². The first kappa shape index (κ1) is 17.5. The van der Waals surface area contributed by atoms with E-state index in [1.165, 1.54) is 12.8 Å². The van der Waals surface area contributed by atoms with Gasteiger partial charge >= 0.3 is 6.03 Å². The van der Waals surface area contributed by atoms with Crippen LogP contribution in [0.3, 0.4) is 0 Å². The van der Waals surface area contributed by atoms with Crippen LogP contribution >= 0.6 is 0 Å². The summed E-state index contributed by atoms with van der Waals surface area (Å²) in [5, 5.41) is 8.01. The molecule has 134 valence electrons. The van der Waals surface area contributed by atoms with Gasteiger partial charge in [0.15, 0.2) is 0 Å². The molecule has 0 spiro atoms. The van der Waals surface area contributed by atoms with E-state index >= 15 is 0 Å². The number of amides is 2. The Hall–Kier alpha value is -2.27. The zero-order valence-electron chi connectivity index (χ0n) is 14.7. The molecule has 0 radical (unpaired) electrons. The van der Waals surface area contributed by atoms with Gasteiger partial charge in [-0.1, -0.05) is 18.2 Å². The van der Waals surface area contributed by atoms with Crippen LogP contribution in [-0.4, -0.2) is 32.9 Å². The molecule has 5 nitrogen and oxygen atoms in total. The molecule has 3 rings (SSSR count). The van der Waals surface area contributed by atoms with Crippen molar-refractivity contribution in [2.75, 3.05) is 26.9 Å². The second-order valence-electron chi connectivity index (χ2n) is 6.53. The summed E-state index contributed by atoms with van der Waals surface area (Å²) in [6.45, 7) is 2.73. The molecule has 2 aromatic rings. The van der Waals surface area contributed by atoms with Crippen molar-refractivity contribution in [2.45, 2.75) is 25.8 Å². The zero-order chi connectivity index (χ0) is 17.5. The quantitative estimate of drug-likeness (QED) is 0.686. The van der Waals surface area contributed by atoms with Crippen LogP contribution in [0.15, 0.2) is 36.4 Å². The molecule has 0 unspecified atom stereocenters. The average Bonchev–Trinajstić information content (AvgIpc) is 3.46. The van der Waals surface area contributed by atoms with Gasteiger partial charge in [0, 0.05) is 26.3 Å². The fourth-order valence-electron chi connectivity index (χ4n) is 2.67. The van der Waals surface area contributed by atoms with E-state index in [2.05, 4.69) is 16.7 Å². The van der Waals surface area contributed by atoms with E-state index in [9.17, 15) is 4.79 Å². The molecule has 0 bridgehead atoms. The predicted octanol–water partition coefficient (Wildman–Crippen LogP) is 3.46. The van der Waals surface area contributed by atoms with E-state index in [1.54, 1.807) is 7.11 Å². The number of nitrogens with one attached hydrogen (secondary N) is 2. The Kier molecular flexibility index (Phi) is 6.12. The maximum Gasteiger partial charge on any atom is 0.315 e. The highest BCUT2D eigenvalue weighted by Gasteiger charge is 2.20. The van der Waals surface area contributed by atoms with Crippen molar-refractivity contribution < 1.29 is 14.3 Å². The summed E-state index contributed by atoms with van der Waals surface area (Å²) in [4.78, 5) is 11.8. The lowest BCUT2D eigenvalue weighted by atomic mass is 10.1. The van der Waals surface area contributed by atoms with Crippen LogP contribution in [0, 0.1) is 5.92 Å².